The lowest BCUT2D eigenvalue weighted by atomic mass is 9.95. The maximum absolute atomic E-state index is 13.3. The molecule has 0 aromatic heterocycles. The van der Waals surface area contributed by atoms with Gasteiger partial charge < -0.3 is 19.7 Å². The summed E-state index contributed by atoms with van der Waals surface area (Å²) in [5, 5.41) is 3.18. The SMILES string of the molecule is C[C@@H](C(=O)NC1CCCCC1)N(Cc1ccccc1)C(=O)CCc1ccc2c(c1)OCCO2. The van der Waals surface area contributed by atoms with Gasteiger partial charge in [-0.3, -0.25) is 9.59 Å². The lowest BCUT2D eigenvalue weighted by molar-refractivity contribution is -0.141. The third kappa shape index (κ3) is 6.28. The Morgan fingerprint density at radius 1 is 0.970 bits per heavy atom. The predicted octanol–water partition coefficient (Wildman–Crippen LogP) is 4.26. The van der Waals surface area contributed by atoms with Gasteiger partial charge in [0, 0.05) is 19.0 Å². The maximum Gasteiger partial charge on any atom is 0.242 e. The highest BCUT2D eigenvalue weighted by Gasteiger charge is 2.28. The molecule has 1 fully saturated rings. The smallest absolute Gasteiger partial charge is 0.242 e. The molecule has 0 unspecified atom stereocenters. The number of aryl methyl sites for hydroxylation is 1. The summed E-state index contributed by atoms with van der Waals surface area (Å²) in [7, 11) is 0. The van der Waals surface area contributed by atoms with Crippen LogP contribution in [0.4, 0.5) is 0 Å². The number of nitrogens with zero attached hydrogens (tertiary/aromatic N) is 1. The molecule has 1 atom stereocenters. The predicted molar refractivity (Wildman–Crippen MR) is 127 cm³/mol. The molecular formula is C27H34N2O4. The van der Waals surface area contributed by atoms with Crippen LogP contribution in [0.3, 0.4) is 0 Å². The van der Waals surface area contributed by atoms with Crippen molar-refractivity contribution in [2.45, 2.75) is 70.5 Å². The minimum absolute atomic E-state index is 0.0277. The number of rotatable bonds is 8. The highest BCUT2D eigenvalue weighted by atomic mass is 16.6. The molecule has 1 saturated carbocycles. The van der Waals surface area contributed by atoms with Crippen LogP contribution in [-0.2, 0) is 22.6 Å². The van der Waals surface area contributed by atoms with E-state index in [4.69, 9.17) is 9.47 Å². The van der Waals surface area contributed by atoms with Gasteiger partial charge >= 0.3 is 0 Å². The number of benzene rings is 2. The average molecular weight is 451 g/mol. The molecule has 1 aliphatic carbocycles. The van der Waals surface area contributed by atoms with Gasteiger partial charge in [-0.05, 0) is 49.4 Å². The van der Waals surface area contributed by atoms with E-state index in [0.717, 1.165) is 48.3 Å². The summed E-state index contributed by atoms with van der Waals surface area (Å²) in [6, 6.07) is 15.4. The number of ether oxygens (including phenoxy) is 2. The van der Waals surface area contributed by atoms with Crippen molar-refractivity contribution in [2.75, 3.05) is 13.2 Å². The standard InChI is InChI=1S/C27H34N2O4/c1-20(27(31)28-23-10-6-3-7-11-23)29(19-22-8-4-2-5-9-22)26(30)15-13-21-12-14-24-25(18-21)33-17-16-32-24/h2,4-5,8-9,12,14,18,20,23H,3,6-7,10-11,13,15-17,19H2,1H3,(H,28,31)/t20-/m0/s1. The van der Waals surface area contributed by atoms with Crippen molar-refractivity contribution in [1.82, 2.24) is 10.2 Å². The molecule has 2 aromatic carbocycles. The van der Waals surface area contributed by atoms with Gasteiger partial charge in [0.05, 0.1) is 0 Å². The number of carbonyl (C=O) groups is 2. The normalized spacial score (nSPS) is 16.6. The van der Waals surface area contributed by atoms with E-state index in [1.165, 1.54) is 6.42 Å². The molecule has 1 N–H and O–H groups in total. The fourth-order valence-electron chi connectivity index (χ4n) is 4.57. The summed E-state index contributed by atoms with van der Waals surface area (Å²) in [5.41, 5.74) is 2.04. The number of carbonyl (C=O) groups excluding carboxylic acids is 2. The number of hydrogen-bond acceptors (Lipinski definition) is 4. The Morgan fingerprint density at radius 2 is 1.70 bits per heavy atom. The van der Waals surface area contributed by atoms with Gasteiger partial charge in [0.1, 0.15) is 19.3 Å². The zero-order chi connectivity index (χ0) is 23.0. The molecule has 0 radical (unpaired) electrons. The topological polar surface area (TPSA) is 67.9 Å². The first kappa shape index (κ1) is 23.1. The van der Waals surface area contributed by atoms with E-state index in [-0.39, 0.29) is 17.9 Å². The maximum atomic E-state index is 13.3. The van der Waals surface area contributed by atoms with Crippen molar-refractivity contribution < 1.29 is 19.1 Å². The van der Waals surface area contributed by atoms with Crippen LogP contribution < -0.4 is 14.8 Å². The minimum Gasteiger partial charge on any atom is -0.486 e. The molecule has 0 saturated heterocycles. The third-order valence-corrected chi connectivity index (χ3v) is 6.55. The Balaban J connectivity index is 1.42. The molecule has 0 bridgehead atoms. The van der Waals surface area contributed by atoms with Gasteiger partial charge in [-0.2, -0.15) is 0 Å². The zero-order valence-corrected chi connectivity index (χ0v) is 19.4. The van der Waals surface area contributed by atoms with E-state index in [1.54, 1.807) is 4.90 Å². The van der Waals surface area contributed by atoms with E-state index in [1.807, 2.05) is 55.5 Å². The molecule has 1 heterocycles. The second kappa shape index (κ2) is 11.2. The molecular weight excluding hydrogens is 416 g/mol. The van der Waals surface area contributed by atoms with E-state index in [0.29, 0.717) is 32.6 Å². The molecule has 2 aromatic rings. The summed E-state index contributed by atoms with van der Waals surface area (Å²) in [4.78, 5) is 28.1. The number of nitrogens with one attached hydrogen (secondary N) is 1. The van der Waals surface area contributed by atoms with Crippen molar-refractivity contribution in [1.29, 1.82) is 0 Å². The second-order valence-corrected chi connectivity index (χ2v) is 9.00. The molecule has 1 aliphatic heterocycles. The summed E-state index contributed by atoms with van der Waals surface area (Å²) < 4.78 is 11.3. The van der Waals surface area contributed by atoms with Gasteiger partial charge in [-0.15, -0.1) is 0 Å². The van der Waals surface area contributed by atoms with Crippen LogP contribution in [0.5, 0.6) is 11.5 Å². The van der Waals surface area contributed by atoms with Crippen LogP contribution in [0.15, 0.2) is 48.5 Å². The van der Waals surface area contributed by atoms with Crippen molar-refractivity contribution in [3.05, 3.63) is 59.7 Å². The fraction of sp³-hybridized carbons (Fsp3) is 0.481. The third-order valence-electron chi connectivity index (χ3n) is 6.55. The molecule has 176 valence electrons. The first-order valence-corrected chi connectivity index (χ1v) is 12.1. The van der Waals surface area contributed by atoms with Gasteiger partial charge in [0.2, 0.25) is 11.8 Å². The average Bonchev–Trinajstić information content (AvgIpc) is 2.86. The first-order chi connectivity index (χ1) is 16.1. The van der Waals surface area contributed by atoms with Gasteiger partial charge in [0.25, 0.3) is 0 Å². The van der Waals surface area contributed by atoms with Crippen molar-refractivity contribution in [3.63, 3.8) is 0 Å². The highest BCUT2D eigenvalue weighted by Crippen LogP contribution is 2.31. The Morgan fingerprint density at radius 3 is 2.45 bits per heavy atom. The zero-order valence-electron chi connectivity index (χ0n) is 19.4. The molecule has 33 heavy (non-hydrogen) atoms. The van der Waals surface area contributed by atoms with Crippen molar-refractivity contribution in [3.8, 4) is 11.5 Å². The molecule has 4 rings (SSSR count). The number of amides is 2. The minimum atomic E-state index is -0.528. The molecule has 6 heteroatoms. The van der Waals surface area contributed by atoms with Crippen LogP contribution >= 0.6 is 0 Å². The molecule has 0 spiro atoms. The van der Waals surface area contributed by atoms with Crippen LogP contribution in [0.25, 0.3) is 0 Å². The fourth-order valence-corrected chi connectivity index (χ4v) is 4.57. The Bertz CT molecular complexity index is 940. The van der Waals surface area contributed by atoms with Crippen molar-refractivity contribution in [2.24, 2.45) is 0 Å². The van der Waals surface area contributed by atoms with E-state index in [2.05, 4.69) is 5.32 Å². The second-order valence-electron chi connectivity index (χ2n) is 9.00. The lowest BCUT2D eigenvalue weighted by Gasteiger charge is -2.31. The quantitative estimate of drug-likeness (QED) is 0.653. The summed E-state index contributed by atoms with van der Waals surface area (Å²) in [6.45, 7) is 3.34. The Labute approximate surface area is 196 Å². The number of fused-ring (bicyclic) bond motifs is 1. The van der Waals surface area contributed by atoms with Crippen LogP contribution in [0.1, 0.15) is 56.6 Å². The Kier molecular flexibility index (Phi) is 7.87. The van der Waals surface area contributed by atoms with E-state index < -0.39 is 6.04 Å². The molecule has 2 amide bonds. The van der Waals surface area contributed by atoms with Crippen LogP contribution in [0.2, 0.25) is 0 Å². The van der Waals surface area contributed by atoms with Gasteiger partial charge in [0.15, 0.2) is 11.5 Å². The number of hydrogen-bond donors (Lipinski definition) is 1. The van der Waals surface area contributed by atoms with Crippen LogP contribution in [0, 0.1) is 0 Å². The molecule has 6 nitrogen and oxygen atoms in total. The van der Waals surface area contributed by atoms with Crippen molar-refractivity contribution >= 4 is 11.8 Å². The van der Waals surface area contributed by atoms with E-state index >= 15 is 0 Å². The Hall–Kier alpha value is -3.02. The summed E-state index contributed by atoms with van der Waals surface area (Å²) >= 11 is 0. The first-order valence-electron chi connectivity index (χ1n) is 12.1. The highest BCUT2D eigenvalue weighted by molar-refractivity contribution is 5.87. The van der Waals surface area contributed by atoms with Gasteiger partial charge in [-0.25, -0.2) is 0 Å². The monoisotopic (exact) mass is 450 g/mol. The molecule has 2 aliphatic rings. The summed E-state index contributed by atoms with van der Waals surface area (Å²) in [5.74, 6) is 1.38. The van der Waals surface area contributed by atoms with Crippen LogP contribution in [-0.4, -0.2) is 42.0 Å². The summed E-state index contributed by atoms with van der Waals surface area (Å²) in [6.07, 6.45) is 6.50. The van der Waals surface area contributed by atoms with Gasteiger partial charge in [-0.1, -0.05) is 55.7 Å². The lowest BCUT2D eigenvalue weighted by Crippen LogP contribution is -2.50. The van der Waals surface area contributed by atoms with E-state index in [9.17, 15) is 9.59 Å². The largest absolute Gasteiger partial charge is 0.486 e.